The largest absolute Gasteiger partial charge is 0.354 e. The van der Waals surface area contributed by atoms with Crippen LogP contribution in [0.3, 0.4) is 0 Å². The lowest BCUT2D eigenvalue weighted by atomic mass is 10.3. The number of amides is 2. The van der Waals surface area contributed by atoms with Crippen molar-refractivity contribution in [2.24, 2.45) is 4.99 Å². The van der Waals surface area contributed by atoms with E-state index in [1.165, 1.54) is 7.05 Å². The van der Waals surface area contributed by atoms with Crippen LogP contribution in [0.25, 0.3) is 0 Å². The van der Waals surface area contributed by atoms with Crippen LogP contribution in [0.1, 0.15) is 0 Å². The van der Waals surface area contributed by atoms with Crippen LogP contribution < -0.4 is 10.6 Å². The molecule has 0 unspecified atom stereocenters. The Labute approximate surface area is 57.5 Å². The third-order valence-corrected chi connectivity index (χ3v) is 1.13. The Kier molecular flexibility index (Phi) is 1.66. The number of hydrogen-bond acceptors (Lipinski definition) is 3. The second-order valence-electron chi connectivity index (χ2n) is 1.75. The third kappa shape index (κ3) is 0.975. The van der Waals surface area contributed by atoms with Crippen molar-refractivity contribution >= 4 is 17.5 Å². The molecular formula is C5H7N3O2. The zero-order valence-corrected chi connectivity index (χ0v) is 5.47. The topological polar surface area (TPSA) is 70.6 Å². The molecule has 5 nitrogen and oxygen atoms in total. The lowest BCUT2D eigenvalue weighted by Crippen LogP contribution is -2.35. The van der Waals surface area contributed by atoms with E-state index >= 15 is 0 Å². The van der Waals surface area contributed by atoms with Crippen molar-refractivity contribution in [2.75, 3.05) is 13.7 Å². The Balaban J connectivity index is 2.72. The molecule has 0 saturated carbocycles. The molecule has 2 N–H and O–H groups in total. The number of carbonyl (C=O) groups is 2. The molecule has 0 saturated heterocycles. The lowest BCUT2D eigenvalue weighted by Gasteiger charge is -1.93. The molecule has 0 aromatic rings. The first-order chi connectivity index (χ1) is 4.75. The Bertz CT molecular complexity index is 209. The van der Waals surface area contributed by atoms with Gasteiger partial charge in [0.15, 0.2) is 5.71 Å². The highest BCUT2D eigenvalue weighted by molar-refractivity contribution is 6.65. The number of rotatable bonds is 1. The van der Waals surface area contributed by atoms with Gasteiger partial charge in [-0.25, -0.2) is 0 Å². The maximum Gasteiger partial charge on any atom is 0.276 e. The first-order valence-corrected chi connectivity index (χ1v) is 2.80. The summed E-state index contributed by atoms with van der Waals surface area (Å²) in [7, 11) is 1.45. The van der Waals surface area contributed by atoms with Gasteiger partial charge in [0.1, 0.15) is 6.67 Å². The molecule has 5 heteroatoms. The highest BCUT2D eigenvalue weighted by atomic mass is 16.2. The van der Waals surface area contributed by atoms with Gasteiger partial charge in [0.05, 0.1) is 0 Å². The zero-order chi connectivity index (χ0) is 7.56. The average molecular weight is 141 g/mol. The summed E-state index contributed by atoms with van der Waals surface area (Å²) >= 11 is 0. The second kappa shape index (κ2) is 2.47. The summed E-state index contributed by atoms with van der Waals surface area (Å²) in [5, 5.41) is 4.69. The summed E-state index contributed by atoms with van der Waals surface area (Å²) in [6, 6.07) is 0. The molecule has 1 aliphatic heterocycles. The lowest BCUT2D eigenvalue weighted by molar-refractivity contribution is -0.118. The van der Waals surface area contributed by atoms with Gasteiger partial charge < -0.3 is 10.6 Å². The monoisotopic (exact) mass is 141 g/mol. The fourth-order valence-electron chi connectivity index (χ4n) is 0.639. The molecule has 0 radical (unpaired) electrons. The molecular weight excluding hydrogens is 134 g/mol. The summed E-state index contributed by atoms with van der Waals surface area (Å²) in [5.41, 5.74) is -0.0394. The van der Waals surface area contributed by atoms with Crippen molar-refractivity contribution in [1.29, 1.82) is 0 Å². The summed E-state index contributed by atoms with van der Waals surface area (Å²) in [4.78, 5) is 25.0. The SMILES string of the molecule is CNC(=O)C1=NCNC1=O. The maximum absolute atomic E-state index is 10.7. The normalized spacial score (nSPS) is 16.1. The first-order valence-electron chi connectivity index (χ1n) is 2.80. The summed E-state index contributed by atoms with van der Waals surface area (Å²) in [5.74, 6) is -0.839. The van der Waals surface area contributed by atoms with Crippen molar-refractivity contribution in [2.45, 2.75) is 0 Å². The van der Waals surface area contributed by atoms with Crippen molar-refractivity contribution in [3.63, 3.8) is 0 Å². The molecule has 0 atom stereocenters. The van der Waals surface area contributed by atoms with Gasteiger partial charge in [-0.1, -0.05) is 0 Å². The minimum atomic E-state index is -0.435. The number of nitrogens with zero attached hydrogens (tertiary/aromatic N) is 1. The van der Waals surface area contributed by atoms with Gasteiger partial charge in [-0.2, -0.15) is 0 Å². The minimum absolute atomic E-state index is 0.0394. The second-order valence-corrected chi connectivity index (χ2v) is 1.75. The van der Waals surface area contributed by atoms with Crippen molar-refractivity contribution in [1.82, 2.24) is 10.6 Å². The van der Waals surface area contributed by atoms with Gasteiger partial charge >= 0.3 is 0 Å². The fourth-order valence-corrected chi connectivity index (χ4v) is 0.639. The van der Waals surface area contributed by atoms with E-state index in [0.717, 1.165) is 0 Å². The Morgan fingerprint density at radius 1 is 1.80 bits per heavy atom. The molecule has 10 heavy (non-hydrogen) atoms. The van der Waals surface area contributed by atoms with Gasteiger partial charge in [0.2, 0.25) is 0 Å². The number of aliphatic imine (C=N–C) groups is 1. The standard InChI is InChI=1S/C5H7N3O2/c1-6-4(9)3-5(10)8-2-7-3/h2H2,1H3,(H,6,9)(H,8,10). The highest BCUT2D eigenvalue weighted by Crippen LogP contribution is 1.87. The van der Waals surface area contributed by atoms with E-state index < -0.39 is 11.8 Å². The smallest absolute Gasteiger partial charge is 0.276 e. The van der Waals surface area contributed by atoms with Crippen LogP contribution in [0.2, 0.25) is 0 Å². The van der Waals surface area contributed by atoms with Crippen LogP contribution in [0.15, 0.2) is 4.99 Å². The molecule has 54 valence electrons. The highest BCUT2D eigenvalue weighted by Gasteiger charge is 2.22. The van der Waals surface area contributed by atoms with E-state index in [4.69, 9.17) is 0 Å². The summed E-state index contributed by atoms with van der Waals surface area (Å²) in [6.45, 7) is 0.210. The molecule has 0 spiro atoms. The Hall–Kier alpha value is -1.39. The zero-order valence-electron chi connectivity index (χ0n) is 5.47. The number of hydrogen-bond donors (Lipinski definition) is 2. The van der Waals surface area contributed by atoms with Crippen LogP contribution in [0.4, 0.5) is 0 Å². The molecule has 2 amide bonds. The molecule has 0 aromatic heterocycles. The predicted octanol–water partition coefficient (Wildman–Crippen LogP) is -1.74. The Morgan fingerprint density at radius 3 is 2.90 bits per heavy atom. The van der Waals surface area contributed by atoms with Crippen molar-refractivity contribution in [3.8, 4) is 0 Å². The fraction of sp³-hybridized carbons (Fsp3) is 0.400. The molecule has 0 fully saturated rings. The average Bonchev–Trinajstić information content (AvgIpc) is 2.34. The van der Waals surface area contributed by atoms with Crippen LogP contribution in [0.5, 0.6) is 0 Å². The van der Waals surface area contributed by atoms with E-state index in [0.29, 0.717) is 0 Å². The number of carbonyl (C=O) groups excluding carboxylic acids is 2. The van der Waals surface area contributed by atoms with Crippen LogP contribution in [0, 0.1) is 0 Å². The quantitative estimate of drug-likeness (QED) is 0.455. The number of nitrogens with one attached hydrogen (secondary N) is 2. The minimum Gasteiger partial charge on any atom is -0.354 e. The van der Waals surface area contributed by atoms with E-state index in [1.807, 2.05) is 0 Å². The van der Waals surface area contributed by atoms with E-state index in [-0.39, 0.29) is 12.4 Å². The third-order valence-electron chi connectivity index (χ3n) is 1.13. The predicted molar refractivity (Wildman–Crippen MR) is 34.5 cm³/mol. The van der Waals surface area contributed by atoms with Crippen LogP contribution in [-0.2, 0) is 9.59 Å². The van der Waals surface area contributed by atoms with E-state index in [2.05, 4.69) is 15.6 Å². The van der Waals surface area contributed by atoms with Crippen molar-refractivity contribution in [3.05, 3.63) is 0 Å². The molecule has 0 bridgehead atoms. The van der Waals surface area contributed by atoms with Gasteiger partial charge in [-0.3, -0.25) is 14.6 Å². The van der Waals surface area contributed by atoms with Gasteiger partial charge in [-0.15, -0.1) is 0 Å². The van der Waals surface area contributed by atoms with Gasteiger partial charge in [0, 0.05) is 7.05 Å². The maximum atomic E-state index is 10.7. The molecule has 1 heterocycles. The molecule has 1 aliphatic rings. The summed E-state index contributed by atoms with van der Waals surface area (Å²) in [6.07, 6.45) is 0. The van der Waals surface area contributed by atoms with Crippen LogP contribution in [-0.4, -0.2) is 31.2 Å². The van der Waals surface area contributed by atoms with Gasteiger partial charge in [0.25, 0.3) is 11.8 Å². The molecule has 1 rings (SSSR count). The molecule has 0 aliphatic carbocycles. The van der Waals surface area contributed by atoms with Crippen molar-refractivity contribution < 1.29 is 9.59 Å². The molecule has 0 aromatic carbocycles. The van der Waals surface area contributed by atoms with Crippen LogP contribution >= 0.6 is 0 Å². The first kappa shape index (κ1) is 6.73. The van der Waals surface area contributed by atoms with Gasteiger partial charge in [-0.05, 0) is 0 Å². The summed E-state index contributed by atoms with van der Waals surface area (Å²) < 4.78 is 0. The van der Waals surface area contributed by atoms with E-state index in [1.54, 1.807) is 0 Å². The van der Waals surface area contributed by atoms with E-state index in [9.17, 15) is 9.59 Å². The Morgan fingerprint density at radius 2 is 2.50 bits per heavy atom.